The number of piperazine rings is 1. The highest BCUT2D eigenvalue weighted by atomic mass is 32.2. The van der Waals surface area contributed by atoms with Crippen molar-refractivity contribution in [3.8, 4) is 0 Å². The molecule has 3 heterocycles. The third kappa shape index (κ3) is 4.07. The Morgan fingerprint density at radius 2 is 1.65 bits per heavy atom. The second-order valence-electron chi connectivity index (χ2n) is 5.30. The zero-order valence-corrected chi connectivity index (χ0v) is 13.6. The zero-order valence-electron chi connectivity index (χ0n) is 12.8. The maximum absolute atomic E-state index is 11.2. The minimum Gasteiger partial charge on any atom is -0.353 e. The van der Waals surface area contributed by atoms with Crippen LogP contribution in [0, 0.1) is 0 Å². The summed E-state index contributed by atoms with van der Waals surface area (Å²) in [4.78, 5) is 17.1. The fraction of sp³-hybridized carbons (Fsp3) is 0.357. The first-order valence-corrected chi connectivity index (χ1v) is 9.11. The molecule has 9 heteroatoms. The standard InChI is InChI=1S/C14H18N6O2S/c1-23(21,22)18-12-3-4-13(17-11-12)19-7-9-20(10-8-19)14-15-5-2-6-16-14/h2-6,11,18H,7-10H2,1H3. The summed E-state index contributed by atoms with van der Waals surface area (Å²) >= 11 is 0. The summed E-state index contributed by atoms with van der Waals surface area (Å²) in [6.07, 6.45) is 6.13. The summed E-state index contributed by atoms with van der Waals surface area (Å²) in [5, 5.41) is 0. The number of sulfonamides is 1. The number of nitrogens with zero attached hydrogens (tertiary/aromatic N) is 5. The van der Waals surface area contributed by atoms with E-state index in [1.165, 1.54) is 6.20 Å². The van der Waals surface area contributed by atoms with Crippen LogP contribution in [-0.4, -0.2) is 55.8 Å². The van der Waals surface area contributed by atoms with Gasteiger partial charge in [-0.15, -0.1) is 0 Å². The zero-order chi connectivity index (χ0) is 16.3. The van der Waals surface area contributed by atoms with Crippen molar-refractivity contribution in [3.63, 3.8) is 0 Å². The quantitative estimate of drug-likeness (QED) is 0.874. The van der Waals surface area contributed by atoms with E-state index in [-0.39, 0.29) is 0 Å². The topological polar surface area (TPSA) is 91.3 Å². The smallest absolute Gasteiger partial charge is 0.229 e. The molecule has 0 aliphatic carbocycles. The van der Waals surface area contributed by atoms with Crippen LogP contribution < -0.4 is 14.5 Å². The van der Waals surface area contributed by atoms with Gasteiger partial charge in [-0.2, -0.15) is 0 Å². The second kappa shape index (κ2) is 6.37. The van der Waals surface area contributed by atoms with Crippen LogP contribution in [0.3, 0.4) is 0 Å². The van der Waals surface area contributed by atoms with Crippen LogP contribution in [0.1, 0.15) is 0 Å². The van der Waals surface area contributed by atoms with Crippen LogP contribution in [0.5, 0.6) is 0 Å². The van der Waals surface area contributed by atoms with Crippen LogP contribution in [-0.2, 0) is 10.0 Å². The highest BCUT2D eigenvalue weighted by Crippen LogP contribution is 2.18. The number of pyridine rings is 1. The number of rotatable bonds is 4. The van der Waals surface area contributed by atoms with Crippen LogP contribution in [0.2, 0.25) is 0 Å². The van der Waals surface area contributed by atoms with E-state index in [1.807, 2.05) is 6.07 Å². The molecule has 1 fully saturated rings. The third-order valence-electron chi connectivity index (χ3n) is 3.49. The third-order valence-corrected chi connectivity index (χ3v) is 4.10. The molecule has 0 radical (unpaired) electrons. The molecule has 0 unspecified atom stereocenters. The van der Waals surface area contributed by atoms with Gasteiger partial charge in [-0.05, 0) is 18.2 Å². The van der Waals surface area contributed by atoms with Crippen molar-refractivity contribution in [2.24, 2.45) is 0 Å². The van der Waals surface area contributed by atoms with E-state index < -0.39 is 10.0 Å². The number of anilines is 3. The molecular weight excluding hydrogens is 316 g/mol. The summed E-state index contributed by atoms with van der Waals surface area (Å²) in [7, 11) is -3.28. The molecule has 0 bridgehead atoms. The van der Waals surface area contributed by atoms with Gasteiger partial charge in [0.15, 0.2) is 0 Å². The summed E-state index contributed by atoms with van der Waals surface area (Å²) in [5.41, 5.74) is 0.465. The fourth-order valence-corrected chi connectivity index (χ4v) is 2.99. The van der Waals surface area contributed by atoms with Crippen LogP contribution in [0.25, 0.3) is 0 Å². The first kappa shape index (κ1) is 15.5. The lowest BCUT2D eigenvalue weighted by Crippen LogP contribution is -2.47. The highest BCUT2D eigenvalue weighted by Gasteiger charge is 2.19. The molecule has 2 aromatic heterocycles. The Balaban J connectivity index is 1.61. The molecule has 1 aliphatic heterocycles. The van der Waals surface area contributed by atoms with E-state index in [4.69, 9.17) is 0 Å². The van der Waals surface area contributed by atoms with Gasteiger partial charge in [-0.3, -0.25) is 4.72 Å². The van der Waals surface area contributed by atoms with Crippen molar-refractivity contribution < 1.29 is 8.42 Å². The lowest BCUT2D eigenvalue weighted by atomic mass is 10.3. The van der Waals surface area contributed by atoms with Crippen molar-refractivity contribution in [1.29, 1.82) is 0 Å². The Bertz CT molecular complexity index is 743. The van der Waals surface area contributed by atoms with Gasteiger partial charge in [0.05, 0.1) is 18.1 Å². The average Bonchev–Trinajstić information content (AvgIpc) is 2.55. The van der Waals surface area contributed by atoms with E-state index in [9.17, 15) is 8.42 Å². The molecule has 0 aromatic carbocycles. The Morgan fingerprint density at radius 1 is 1.00 bits per heavy atom. The molecule has 0 spiro atoms. The van der Waals surface area contributed by atoms with Crippen LogP contribution in [0.15, 0.2) is 36.8 Å². The first-order chi connectivity index (χ1) is 11.0. The predicted octanol–water partition coefficient (Wildman–Crippen LogP) is 0.570. The van der Waals surface area contributed by atoms with E-state index in [0.717, 1.165) is 44.2 Å². The molecule has 23 heavy (non-hydrogen) atoms. The largest absolute Gasteiger partial charge is 0.353 e. The van der Waals surface area contributed by atoms with Crippen molar-refractivity contribution >= 4 is 27.5 Å². The fourth-order valence-electron chi connectivity index (χ4n) is 2.44. The number of hydrogen-bond donors (Lipinski definition) is 1. The van der Waals surface area contributed by atoms with Gasteiger partial charge in [0.1, 0.15) is 5.82 Å². The van der Waals surface area contributed by atoms with E-state index in [0.29, 0.717) is 5.69 Å². The maximum atomic E-state index is 11.2. The van der Waals surface area contributed by atoms with Crippen molar-refractivity contribution in [2.75, 3.05) is 47.0 Å². The number of nitrogens with one attached hydrogen (secondary N) is 1. The Labute approximate surface area is 135 Å². The SMILES string of the molecule is CS(=O)(=O)Nc1ccc(N2CCN(c3ncccn3)CC2)nc1. The molecule has 3 rings (SSSR count). The molecule has 1 N–H and O–H groups in total. The summed E-state index contributed by atoms with van der Waals surface area (Å²) in [6.45, 7) is 3.25. The van der Waals surface area contributed by atoms with Gasteiger partial charge in [-0.1, -0.05) is 0 Å². The number of aromatic nitrogens is 3. The molecule has 2 aromatic rings. The van der Waals surface area contributed by atoms with Gasteiger partial charge in [0.25, 0.3) is 0 Å². The number of hydrogen-bond acceptors (Lipinski definition) is 7. The van der Waals surface area contributed by atoms with Gasteiger partial charge >= 0.3 is 0 Å². The maximum Gasteiger partial charge on any atom is 0.229 e. The minimum atomic E-state index is -3.28. The van der Waals surface area contributed by atoms with Gasteiger partial charge < -0.3 is 9.80 Å². The van der Waals surface area contributed by atoms with E-state index in [2.05, 4.69) is 29.5 Å². The first-order valence-electron chi connectivity index (χ1n) is 7.22. The lowest BCUT2D eigenvalue weighted by molar-refractivity contribution is 0.607. The second-order valence-corrected chi connectivity index (χ2v) is 7.05. The van der Waals surface area contributed by atoms with Gasteiger partial charge in [0, 0.05) is 38.6 Å². The molecule has 1 aliphatic rings. The van der Waals surface area contributed by atoms with Crippen molar-refractivity contribution in [3.05, 3.63) is 36.8 Å². The Morgan fingerprint density at radius 3 is 2.22 bits per heavy atom. The summed E-state index contributed by atoms with van der Waals surface area (Å²) < 4.78 is 24.8. The van der Waals surface area contributed by atoms with E-state index >= 15 is 0 Å². The molecule has 0 amide bonds. The molecule has 1 saturated heterocycles. The van der Waals surface area contributed by atoms with Gasteiger partial charge in [-0.25, -0.2) is 23.4 Å². The predicted molar refractivity (Wildman–Crippen MR) is 89.2 cm³/mol. The average molecular weight is 334 g/mol. The Kier molecular flexibility index (Phi) is 4.28. The minimum absolute atomic E-state index is 0.465. The van der Waals surface area contributed by atoms with Gasteiger partial charge in [0.2, 0.25) is 16.0 Å². The molecule has 122 valence electrons. The Hall–Kier alpha value is -2.42. The van der Waals surface area contributed by atoms with E-state index in [1.54, 1.807) is 24.5 Å². The van der Waals surface area contributed by atoms with Crippen LogP contribution >= 0.6 is 0 Å². The summed E-state index contributed by atoms with van der Waals surface area (Å²) in [6, 6.07) is 5.34. The normalized spacial score (nSPS) is 15.5. The molecule has 8 nitrogen and oxygen atoms in total. The molecule has 0 saturated carbocycles. The van der Waals surface area contributed by atoms with Crippen molar-refractivity contribution in [2.45, 2.75) is 0 Å². The monoisotopic (exact) mass is 334 g/mol. The lowest BCUT2D eigenvalue weighted by Gasteiger charge is -2.35. The van der Waals surface area contributed by atoms with Crippen LogP contribution in [0.4, 0.5) is 17.5 Å². The van der Waals surface area contributed by atoms with Crippen molar-refractivity contribution in [1.82, 2.24) is 15.0 Å². The molecule has 0 atom stereocenters. The summed E-state index contributed by atoms with van der Waals surface area (Å²) in [5.74, 6) is 1.57. The highest BCUT2D eigenvalue weighted by molar-refractivity contribution is 7.92. The molecular formula is C14H18N6O2S.